The van der Waals surface area contributed by atoms with E-state index in [2.05, 4.69) is 4.98 Å². The fourth-order valence-electron chi connectivity index (χ4n) is 2.79. The van der Waals surface area contributed by atoms with Gasteiger partial charge in [-0.25, -0.2) is 0 Å². The molecule has 25 heavy (non-hydrogen) atoms. The van der Waals surface area contributed by atoms with E-state index in [4.69, 9.17) is 9.47 Å². The highest BCUT2D eigenvalue weighted by Gasteiger charge is 2.16. The third-order valence-corrected chi connectivity index (χ3v) is 4.27. The van der Waals surface area contributed by atoms with E-state index >= 15 is 0 Å². The lowest BCUT2D eigenvalue weighted by Gasteiger charge is -2.21. The Labute approximate surface area is 149 Å². The summed E-state index contributed by atoms with van der Waals surface area (Å²) < 4.78 is 10.7. The molecular weight excluding hydrogens is 316 g/mol. The molecule has 1 amide bonds. The lowest BCUT2D eigenvalue weighted by atomic mass is 9.99. The van der Waals surface area contributed by atoms with Crippen LogP contribution in [0, 0.1) is 0 Å². The molecular formula is C20H26N2O3. The number of pyridine rings is 1. The Balaban J connectivity index is 1.95. The summed E-state index contributed by atoms with van der Waals surface area (Å²) in [4.78, 5) is 18.3. The van der Waals surface area contributed by atoms with E-state index in [-0.39, 0.29) is 5.91 Å². The summed E-state index contributed by atoms with van der Waals surface area (Å²) >= 11 is 0. The molecule has 0 saturated carbocycles. The maximum absolute atomic E-state index is 12.5. The van der Waals surface area contributed by atoms with Gasteiger partial charge in [0.05, 0.1) is 14.2 Å². The number of rotatable bonds is 7. The molecule has 0 spiro atoms. The van der Waals surface area contributed by atoms with Crippen LogP contribution < -0.4 is 0 Å². The van der Waals surface area contributed by atoms with Gasteiger partial charge in [-0.05, 0) is 43.5 Å². The average Bonchev–Trinajstić information content (AvgIpc) is 2.65. The second-order valence-corrected chi connectivity index (χ2v) is 6.09. The van der Waals surface area contributed by atoms with Crippen LogP contribution in [0.4, 0.5) is 0 Å². The molecule has 1 aromatic rings. The molecule has 0 aromatic carbocycles. The number of carbonyl (C=O) groups excluding carboxylic acids is 1. The van der Waals surface area contributed by atoms with Crippen molar-refractivity contribution in [2.45, 2.75) is 26.2 Å². The second kappa shape index (κ2) is 9.06. The Bertz CT molecular complexity index is 690. The number of aromatic nitrogens is 1. The van der Waals surface area contributed by atoms with Crippen molar-refractivity contribution in [3.8, 4) is 0 Å². The van der Waals surface area contributed by atoms with Crippen LogP contribution in [-0.2, 0) is 14.3 Å². The maximum atomic E-state index is 12.5. The van der Waals surface area contributed by atoms with Gasteiger partial charge < -0.3 is 14.4 Å². The fraction of sp³-hybridized carbons (Fsp3) is 0.400. The molecule has 0 fully saturated rings. The van der Waals surface area contributed by atoms with Crippen LogP contribution in [0.1, 0.15) is 31.7 Å². The van der Waals surface area contributed by atoms with Crippen LogP contribution in [0.25, 0.3) is 6.08 Å². The quantitative estimate of drug-likeness (QED) is 0.711. The predicted octanol–water partition coefficient (Wildman–Crippen LogP) is 3.56. The highest BCUT2D eigenvalue weighted by atomic mass is 16.5. The first-order chi connectivity index (χ1) is 12.0. The van der Waals surface area contributed by atoms with E-state index in [0.29, 0.717) is 12.1 Å². The van der Waals surface area contributed by atoms with Crippen molar-refractivity contribution in [1.29, 1.82) is 0 Å². The molecule has 0 N–H and O–H groups in total. The summed E-state index contributed by atoms with van der Waals surface area (Å²) in [7, 11) is 5.15. The van der Waals surface area contributed by atoms with E-state index in [1.54, 1.807) is 31.5 Å². The normalized spacial score (nSPS) is 14.9. The zero-order valence-electron chi connectivity index (χ0n) is 15.4. The van der Waals surface area contributed by atoms with Crippen LogP contribution >= 0.6 is 0 Å². The molecule has 134 valence electrons. The third-order valence-electron chi connectivity index (χ3n) is 4.27. The highest BCUT2D eigenvalue weighted by molar-refractivity contribution is 5.97. The van der Waals surface area contributed by atoms with Gasteiger partial charge in [0.25, 0.3) is 0 Å². The number of ether oxygens (including phenoxy) is 2. The van der Waals surface area contributed by atoms with Crippen LogP contribution in [0.15, 0.2) is 53.3 Å². The second-order valence-electron chi connectivity index (χ2n) is 6.09. The number of likely N-dealkylation sites (N-methyl/N-ethyl adjacent to an activating group) is 1. The first-order valence-corrected chi connectivity index (χ1v) is 8.39. The summed E-state index contributed by atoms with van der Waals surface area (Å²) in [5, 5.41) is 0. The van der Waals surface area contributed by atoms with Crippen molar-refractivity contribution in [3.63, 3.8) is 0 Å². The minimum absolute atomic E-state index is 0.0281. The average molecular weight is 342 g/mol. The van der Waals surface area contributed by atoms with Gasteiger partial charge in [0.15, 0.2) is 5.76 Å². The predicted molar refractivity (Wildman–Crippen MR) is 98.5 cm³/mol. The summed E-state index contributed by atoms with van der Waals surface area (Å²) in [5.74, 6) is 1.69. The zero-order chi connectivity index (χ0) is 18.2. The summed E-state index contributed by atoms with van der Waals surface area (Å²) in [6.45, 7) is 2.50. The molecule has 0 unspecified atom stereocenters. The van der Waals surface area contributed by atoms with E-state index in [9.17, 15) is 4.79 Å². The first kappa shape index (κ1) is 18.8. The van der Waals surface area contributed by atoms with E-state index in [0.717, 1.165) is 36.3 Å². The molecule has 0 radical (unpaired) electrons. The minimum atomic E-state index is 0.0281. The topological polar surface area (TPSA) is 51.7 Å². The number of hydrogen-bond acceptors (Lipinski definition) is 4. The van der Waals surface area contributed by atoms with Gasteiger partial charge in [-0.2, -0.15) is 0 Å². The third kappa shape index (κ3) is 5.21. The Kier molecular flexibility index (Phi) is 6.81. The van der Waals surface area contributed by atoms with Gasteiger partial charge in [0, 0.05) is 38.0 Å². The standard InChI is InChI=1S/C20H26N2O3/c1-15(12-17-6-5-10-21-14-17)20(23)22(2)11-9-16-7-8-18(24-3)19(13-16)25-4/h5-6,10,12-14H,7-9,11H2,1-4H3/b15-12+. The molecule has 5 nitrogen and oxygen atoms in total. The maximum Gasteiger partial charge on any atom is 0.249 e. The summed E-state index contributed by atoms with van der Waals surface area (Å²) in [5.41, 5.74) is 2.90. The van der Waals surface area contributed by atoms with E-state index < -0.39 is 0 Å². The molecule has 0 saturated heterocycles. The Morgan fingerprint density at radius 1 is 1.32 bits per heavy atom. The molecule has 1 aliphatic carbocycles. The molecule has 1 aliphatic rings. The lowest BCUT2D eigenvalue weighted by molar-refractivity contribution is -0.125. The number of nitrogens with zero attached hydrogens (tertiary/aromatic N) is 2. The monoisotopic (exact) mass is 342 g/mol. The first-order valence-electron chi connectivity index (χ1n) is 8.39. The molecule has 0 bridgehead atoms. The zero-order valence-corrected chi connectivity index (χ0v) is 15.4. The summed E-state index contributed by atoms with van der Waals surface area (Å²) in [6.07, 6.45) is 9.95. The molecule has 1 aromatic heterocycles. The molecule has 1 heterocycles. The van der Waals surface area contributed by atoms with E-state index in [1.165, 1.54) is 5.57 Å². The van der Waals surface area contributed by atoms with Crippen molar-refractivity contribution in [2.75, 3.05) is 27.8 Å². The van der Waals surface area contributed by atoms with Crippen molar-refractivity contribution in [1.82, 2.24) is 9.88 Å². The number of allylic oxidation sites excluding steroid dienone is 2. The highest BCUT2D eigenvalue weighted by Crippen LogP contribution is 2.26. The molecule has 5 heteroatoms. The molecule has 0 atom stereocenters. The van der Waals surface area contributed by atoms with E-state index in [1.807, 2.05) is 38.3 Å². The number of methoxy groups -OCH3 is 2. The van der Waals surface area contributed by atoms with Gasteiger partial charge in [-0.1, -0.05) is 11.6 Å². The Morgan fingerprint density at radius 2 is 2.12 bits per heavy atom. The van der Waals surface area contributed by atoms with Gasteiger partial charge in [0.2, 0.25) is 5.91 Å². The van der Waals surface area contributed by atoms with Gasteiger partial charge in [-0.3, -0.25) is 9.78 Å². The molecule has 2 rings (SSSR count). The van der Waals surface area contributed by atoms with Crippen LogP contribution in [-0.4, -0.2) is 43.6 Å². The van der Waals surface area contributed by atoms with Gasteiger partial charge in [-0.15, -0.1) is 0 Å². The van der Waals surface area contributed by atoms with Crippen molar-refractivity contribution >= 4 is 12.0 Å². The van der Waals surface area contributed by atoms with Gasteiger partial charge >= 0.3 is 0 Å². The minimum Gasteiger partial charge on any atom is -0.497 e. The largest absolute Gasteiger partial charge is 0.497 e. The SMILES string of the molecule is COC1=C(OC)CCC(CCN(C)C(=O)/C(C)=C/c2cccnc2)=C1. The number of carbonyl (C=O) groups is 1. The summed E-state index contributed by atoms with van der Waals surface area (Å²) in [6, 6.07) is 3.79. The van der Waals surface area contributed by atoms with Crippen molar-refractivity contribution in [2.24, 2.45) is 0 Å². The fourth-order valence-corrected chi connectivity index (χ4v) is 2.79. The smallest absolute Gasteiger partial charge is 0.249 e. The van der Waals surface area contributed by atoms with Crippen LogP contribution in [0.2, 0.25) is 0 Å². The van der Waals surface area contributed by atoms with Gasteiger partial charge in [0.1, 0.15) is 5.76 Å². The van der Waals surface area contributed by atoms with Crippen LogP contribution in [0.3, 0.4) is 0 Å². The van der Waals surface area contributed by atoms with Crippen molar-refractivity contribution < 1.29 is 14.3 Å². The number of hydrogen-bond donors (Lipinski definition) is 0. The number of amides is 1. The Morgan fingerprint density at radius 3 is 2.76 bits per heavy atom. The van der Waals surface area contributed by atoms with Crippen LogP contribution in [0.5, 0.6) is 0 Å². The Hall–Kier alpha value is -2.56. The van der Waals surface area contributed by atoms with Crippen molar-refractivity contribution in [3.05, 3.63) is 58.8 Å². The molecule has 0 aliphatic heterocycles. The lowest BCUT2D eigenvalue weighted by Crippen LogP contribution is -2.28.